The summed E-state index contributed by atoms with van der Waals surface area (Å²) in [7, 11) is 1.46. The van der Waals surface area contributed by atoms with E-state index in [9.17, 15) is 9.90 Å². The summed E-state index contributed by atoms with van der Waals surface area (Å²) in [6, 6.07) is 4.71. The molecular weight excluding hydrogens is 262 g/mol. The Bertz CT molecular complexity index is 609. The molecule has 0 aliphatic carbocycles. The fourth-order valence-corrected chi connectivity index (χ4v) is 1.79. The fraction of sp³-hybridized carbons (Fsp3) is 0.308. The number of benzene rings is 1. The minimum atomic E-state index is -1.07. The van der Waals surface area contributed by atoms with Crippen molar-refractivity contribution in [2.24, 2.45) is 0 Å². The van der Waals surface area contributed by atoms with Crippen LogP contribution >= 0.6 is 0 Å². The number of hydrogen-bond acceptors (Lipinski definition) is 5. The van der Waals surface area contributed by atoms with E-state index in [4.69, 9.17) is 9.47 Å². The number of rotatable bonds is 6. The van der Waals surface area contributed by atoms with Gasteiger partial charge in [-0.3, -0.25) is 0 Å². The summed E-state index contributed by atoms with van der Waals surface area (Å²) in [4.78, 5) is 15.3. The second-order valence-corrected chi connectivity index (χ2v) is 3.92. The maximum atomic E-state index is 11.2. The number of carbonyl (C=O) groups is 1. The first kappa shape index (κ1) is 13.9. The van der Waals surface area contributed by atoms with Crippen molar-refractivity contribution in [3.8, 4) is 11.5 Å². The number of methoxy groups -OCH3 is 1. The minimum absolute atomic E-state index is 0.0481. The quantitative estimate of drug-likeness (QED) is 0.862. The lowest BCUT2D eigenvalue weighted by atomic mass is 10.2. The third kappa shape index (κ3) is 2.71. The maximum absolute atomic E-state index is 11.2. The van der Waals surface area contributed by atoms with Gasteiger partial charge in [-0.15, -0.1) is 0 Å². The van der Waals surface area contributed by atoms with Gasteiger partial charge < -0.3 is 14.6 Å². The Labute approximate surface area is 115 Å². The lowest BCUT2D eigenvalue weighted by Crippen LogP contribution is -2.10. The van der Waals surface area contributed by atoms with E-state index in [-0.39, 0.29) is 17.9 Å². The highest BCUT2D eigenvalue weighted by Crippen LogP contribution is 2.31. The predicted molar refractivity (Wildman–Crippen MR) is 70.0 cm³/mol. The average Bonchev–Trinajstić information content (AvgIpc) is 2.91. The molecule has 106 valence electrons. The van der Waals surface area contributed by atoms with Gasteiger partial charge in [-0.2, -0.15) is 5.10 Å². The number of aromatic carboxylic acids is 1. The molecule has 0 atom stereocenters. The van der Waals surface area contributed by atoms with Crippen LogP contribution in [0.15, 0.2) is 24.5 Å². The Morgan fingerprint density at radius 2 is 2.25 bits per heavy atom. The number of aryl methyl sites for hydroxylation is 1. The third-order valence-electron chi connectivity index (χ3n) is 2.77. The summed E-state index contributed by atoms with van der Waals surface area (Å²) in [5.74, 6) is 0.103. The van der Waals surface area contributed by atoms with Crippen LogP contribution in [0.2, 0.25) is 0 Å². The minimum Gasteiger partial charge on any atom is -0.493 e. The van der Waals surface area contributed by atoms with Gasteiger partial charge in [0.2, 0.25) is 0 Å². The molecule has 7 nitrogen and oxygen atoms in total. The topological polar surface area (TPSA) is 86.5 Å². The van der Waals surface area contributed by atoms with Gasteiger partial charge in [0.15, 0.2) is 17.3 Å². The first-order valence-electron chi connectivity index (χ1n) is 6.07. The zero-order chi connectivity index (χ0) is 14.5. The van der Waals surface area contributed by atoms with Gasteiger partial charge in [-0.1, -0.05) is 6.07 Å². The SMILES string of the molecule is CCn1ncnc1COc1c(OC)cccc1C(=O)O. The third-order valence-corrected chi connectivity index (χ3v) is 2.77. The van der Waals surface area contributed by atoms with Crippen LogP contribution in [0, 0.1) is 0 Å². The first-order chi connectivity index (χ1) is 9.67. The number of ether oxygens (including phenoxy) is 2. The van der Waals surface area contributed by atoms with E-state index in [1.807, 2.05) is 6.92 Å². The number of hydrogen-bond donors (Lipinski definition) is 1. The average molecular weight is 277 g/mol. The lowest BCUT2D eigenvalue weighted by molar-refractivity contribution is 0.0690. The van der Waals surface area contributed by atoms with Crippen molar-refractivity contribution < 1.29 is 19.4 Å². The highest BCUT2D eigenvalue weighted by atomic mass is 16.5. The number of carboxylic acids is 1. The molecule has 0 aliphatic rings. The molecule has 1 aromatic heterocycles. The van der Waals surface area contributed by atoms with Crippen LogP contribution in [-0.4, -0.2) is 33.0 Å². The number of carboxylic acid groups (broad SMARTS) is 1. The molecular formula is C13H15N3O4. The number of nitrogens with zero attached hydrogens (tertiary/aromatic N) is 3. The van der Waals surface area contributed by atoms with Crippen LogP contribution in [0.4, 0.5) is 0 Å². The summed E-state index contributed by atoms with van der Waals surface area (Å²) < 4.78 is 12.4. The van der Waals surface area contributed by atoms with Crippen molar-refractivity contribution >= 4 is 5.97 Å². The molecule has 0 saturated carbocycles. The monoisotopic (exact) mass is 277 g/mol. The van der Waals surface area contributed by atoms with Crippen LogP contribution < -0.4 is 9.47 Å². The van der Waals surface area contributed by atoms with Gasteiger partial charge in [0.25, 0.3) is 0 Å². The summed E-state index contributed by atoms with van der Waals surface area (Å²) in [6.07, 6.45) is 1.43. The second-order valence-electron chi connectivity index (χ2n) is 3.92. The van der Waals surface area contributed by atoms with E-state index in [1.165, 1.54) is 19.5 Å². The van der Waals surface area contributed by atoms with Gasteiger partial charge in [0.1, 0.15) is 18.5 Å². The molecule has 0 aliphatic heterocycles. The molecule has 0 unspecified atom stereocenters. The Kier molecular flexibility index (Phi) is 4.19. The smallest absolute Gasteiger partial charge is 0.339 e. The second kappa shape index (κ2) is 6.05. The van der Waals surface area contributed by atoms with Crippen molar-refractivity contribution in [3.05, 3.63) is 35.9 Å². The summed E-state index contributed by atoms with van der Waals surface area (Å²) in [5.41, 5.74) is 0.0481. The van der Waals surface area contributed by atoms with Crippen molar-refractivity contribution in [3.63, 3.8) is 0 Å². The summed E-state index contributed by atoms with van der Waals surface area (Å²) in [5, 5.41) is 13.2. The van der Waals surface area contributed by atoms with Gasteiger partial charge in [-0.05, 0) is 19.1 Å². The van der Waals surface area contributed by atoms with Crippen LogP contribution in [0.5, 0.6) is 11.5 Å². The van der Waals surface area contributed by atoms with E-state index in [0.717, 1.165) is 0 Å². The van der Waals surface area contributed by atoms with Crippen molar-refractivity contribution in [1.29, 1.82) is 0 Å². The summed E-state index contributed by atoms with van der Waals surface area (Å²) in [6.45, 7) is 2.72. The van der Waals surface area contributed by atoms with Gasteiger partial charge >= 0.3 is 5.97 Å². The molecule has 0 radical (unpaired) electrons. The molecule has 2 rings (SSSR count). The fourth-order valence-electron chi connectivity index (χ4n) is 1.79. The molecule has 2 aromatic rings. The molecule has 0 spiro atoms. The largest absolute Gasteiger partial charge is 0.493 e. The predicted octanol–water partition coefficient (Wildman–Crippen LogP) is 1.58. The molecule has 0 saturated heterocycles. The highest BCUT2D eigenvalue weighted by molar-refractivity contribution is 5.92. The van der Waals surface area contributed by atoms with E-state index in [0.29, 0.717) is 18.1 Å². The zero-order valence-electron chi connectivity index (χ0n) is 11.2. The Morgan fingerprint density at radius 1 is 1.45 bits per heavy atom. The van der Waals surface area contributed by atoms with Crippen LogP contribution in [0.1, 0.15) is 23.1 Å². The van der Waals surface area contributed by atoms with E-state index < -0.39 is 5.97 Å². The molecule has 0 amide bonds. The summed E-state index contributed by atoms with van der Waals surface area (Å²) >= 11 is 0. The molecule has 7 heteroatoms. The normalized spacial score (nSPS) is 10.3. The number of para-hydroxylation sites is 1. The standard InChI is InChI=1S/C13H15N3O4/c1-3-16-11(14-8-15-16)7-20-12-9(13(17)18)5-4-6-10(12)19-2/h4-6,8H,3,7H2,1-2H3,(H,17,18). The Balaban J connectivity index is 2.26. The van der Waals surface area contributed by atoms with Crippen LogP contribution in [0.3, 0.4) is 0 Å². The van der Waals surface area contributed by atoms with Crippen molar-refractivity contribution in [2.75, 3.05) is 7.11 Å². The van der Waals surface area contributed by atoms with Crippen LogP contribution in [0.25, 0.3) is 0 Å². The van der Waals surface area contributed by atoms with Crippen molar-refractivity contribution in [1.82, 2.24) is 14.8 Å². The zero-order valence-corrected chi connectivity index (χ0v) is 11.2. The Hall–Kier alpha value is -2.57. The highest BCUT2D eigenvalue weighted by Gasteiger charge is 2.17. The van der Waals surface area contributed by atoms with Crippen molar-refractivity contribution in [2.45, 2.75) is 20.1 Å². The molecule has 1 N–H and O–H groups in total. The van der Waals surface area contributed by atoms with Gasteiger partial charge in [0.05, 0.1) is 7.11 Å². The van der Waals surface area contributed by atoms with E-state index >= 15 is 0 Å². The Morgan fingerprint density at radius 3 is 2.90 bits per heavy atom. The van der Waals surface area contributed by atoms with Crippen LogP contribution in [-0.2, 0) is 13.2 Å². The van der Waals surface area contributed by atoms with E-state index in [1.54, 1.807) is 16.8 Å². The lowest BCUT2D eigenvalue weighted by Gasteiger charge is -2.12. The molecule has 20 heavy (non-hydrogen) atoms. The number of aromatic nitrogens is 3. The van der Waals surface area contributed by atoms with Gasteiger partial charge in [-0.25, -0.2) is 14.5 Å². The van der Waals surface area contributed by atoms with Gasteiger partial charge in [0, 0.05) is 6.54 Å². The van der Waals surface area contributed by atoms with E-state index in [2.05, 4.69) is 10.1 Å². The molecule has 1 aromatic carbocycles. The first-order valence-corrected chi connectivity index (χ1v) is 6.07. The maximum Gasteiger partial charge on any atom is 0.339 e. The molecule has 1 heterocycles. The molecule has 0 bridgehead atoms. The molecule has 0 fully saturated rings.